The van der Waals surface area contributed by atoms with E-state index in [2.05, 4.69) is 15.5 Å². The number of aromatic amines is 1. The number of carbonyl (C=O) groups is 1. The van der Waals surface area contributed by atoms with Crippen molar-refractivity contribution in [3.05, 3.63) is 23.9 Å². The number of fused-ring (bicyclic) bond motifs is 1. The molecule has 0 aliphatic rings. The fourth-order valence-electron chi connectivity index (χ4n) is 2.16. The number of aromatic nitrogens is 2. The number of aliphatic hydroxyl groups excluding tert-OH is 1. The lowest BCUT2D eigenvalue weighted by Crippen LogP contribution is -2.30. The average Bonchev–Trinajstić information content (AvgIpc) is 2.86. The molecule has 1 atom stereocenters. The number of nitrogen functional groups attached to an aromatic ring is 1. The van der Waals surface area contributed by atoms with Crippen LogP contribution < -0.4 is 11.1 Å². The first-order valence-corrected chi connectivity index (χ1v) is 6.78. The van der Waals surface area contributed by atoms with Crippen LogP contribution in [-0.2, 0) is 0 Å². The van der Waals surface area contributed by atoms with Crippen LogP contribution in [0.25, 0.3) is 10.9 Å². The minimum atomic E-state index is -0.224. The van der Waals surface area contributed by atoms with Crippen LogP contribution in [0.1, 0.15) is 30.3 Å². The largest absolute Gasteiger partial charge is 0.399 e. The molecule has 0 saturated carbocycles. The monoisotopic (exact) mass is 276 g/mol. The van der Waals surface area contributed by atoms with Crippen LogP contribution in [0.4, 0.5) is 5.69 Å². The molecule has 0 fully saturated rings. The van der Waals surface area contributed by atoms with Gasteiger partial charge in [-0.3, -0.25) is 9.89 Å². The first-order valence-electron chi connectivity index (χ1n) is 6.78. The normalized spacial score (nSPS) is 12.5. The summed E-state index contributed by atoms with van der Waals surface area (Å²) < 4.78 is 0. The van der Waals surface area contributed by atoms with E-state index in [1.807, 2.05) is 6.92 Å². The van der Waals surface area contributed by atoms with Gasteiger partial charge in [-0.15, -0.1) is 0 Å². The topological polar surface area (TPSA) is 104 Å². The Hall–Kier alpha value is -2.08. The highest BCUT2D eigenvalue weighted by atomic mass is 16.3. The molecule has 0 aliphatic carbocycles. The number of hydrogen-bond acceptors (Lipinski definition) is 4. The predicted octanol–water partition coefficient (Wildman–Crippen LogP) is 1.28. The molecule has 1 aromatic carbocycles. The second kappa shape index (κ2) is 6.38. The van der Waals surface area contributed by atoms with Crippen molar-refractivity contribution in [2.75, 3.05) is 18.9 Å². The first kappa shape index (κ1) is 14.3. The number of nitrogens with one attached hydrogen (secondary N) is 2. The third kappa shape index (κ3) is 3.08. The fourth-order valence-corrected chi connectivity index (χ4v) is 2.16. The Morgan fingerprint density at radius 2 is 2.35 bits per heavy atom. The molecule has 0 bridgehead atoms. The van der Waals surface area contributed by atoms with Gasteiger partial charge >= 0.3 is 0 Å². The third-order valence-corrected chi connectivity index (χ3v) is 3.47. The molecule has 0 saturated heterocycles. The number of nitrogens with two attached hydrogens (primary N) is 1. The van der Waals surface area contributed by atoms with Crippen molar-refractivity contribution in [2.45, 2.75) is 19.8 Å². The van der Waals surface area contributed by atoms with E-state index in [1.165, 1.54) is 0 Å². The maximum Gasteiger partial charge on any atom is 0.272 e. The standard InChI is InChI=1S/C14H20N4O2/c1-2-9(5-6-19)8-16-14(20)13-11-7-10(15)3-4-12(11)17-18-13/h3-4,7,9,19H,2,5-6,8,15H2,1H3,(H,16,20)(H,17,18). The van der Waals surface area contributed by atoms with E-state index in [4.69, 9.17) is 10.8 Å². The molecule has 2 rings (SSSR count). The minimum absolute atomic E-state index is 0.135. The number of carbonyl (C=O) groups excluding carboxylic acids is 1. The Bertz CT molecular complexity index is 594. The first-order chi connectivity index (χ1) is 9.65. The van der Waals surface area contributed by atoms with Gasteiger partial charge in [0.2, 0.25) is 0 Å². The number of nitrogens with zero attached hydrogens (tertiary/aromatic N) is 1. The summed E-state index contributed by atoms with van der Waals surface area (Å²) in [6.07, 6.45) is 1.60. The van der Waals surface area contributed by atoms with Gasteiger partial charge in [0, 0.05) is 24.2 Å². The SMILES string of the molecule is CCC(CCO)CNC(=O)c1n[nH]c2ccc(N)cc12. The van der Waals surface area contributed by atoms with Crippen molar-refractivity contribution in [2.24, 2.45) is 5.92 Å². The van der Waals surface area contributed by atoms with Gasteiger partial charge in [-0.1, -0.05) is 13.3 Å². The van der Waals surface area contributed by atoms with E-state index in [0.29, 0.717) is 24.3 Å². The molecule has 108 valence electrons. The molecule has 5 N–H and O–H groups in total. The van der Waals surface area contributed by atoms with Gasteiger partial charge in [-0.25, -0.2) is 0 Å². The van der Waals surface area contributed by atoms with E-state index in [9.17, 15) is 4.79 Å². The molecule has 0 spiro atoms. The Labute approximate surface area is 117 Å². The van der Waals surface area contributed by atoms with Crippen molar-refractivity contribution in [3.8, 4) is 0 Å². The van der Waals surface area contributed by atoms with Gasteiger partial charge in [-0.2, -0.15) is 5.10 Å². The Morgan fingerprint density at radius 1 is 1.55 bits per heavy atom. The van der Waals surface area contributed by atoms with Gasteiger partial charge in [0.15, 0.2) is 5.69 Å². The zero-order chi connectivity index (χ0) is 14.5. The molecule has 2 aromatic rings. The van der Waals surface area contributed by atoms with E-state index in [0.717, 1.165) is 17.3 Å². The molecular formula is C14H20N4O2. The molecule has 6 nitrogen and oxygen atoms in total. The maximum absolute atomic E-state index is 12.2. The molecular weight excluding hydrogens is 256 g/mol. The van der Waals surface area contributed by atoms with Crippen LogP contribution in [0.15, 0.2) is 18.2 Å². The van der Waals surface area contributed by atoms with Crippen molar-refractivity contribution in [1.82, 2.24) is 15.5 Å². The van der Waals surface area contributed by atoms with Crippen LogP contribution >= 0.6 is 0 Å². The quantitative estimate of drug-likeness (QED) is 0.597. The van der Waals surface area contributed by atoms with Crippen LogP contribution in [0, 0.1) is 5.92 Å². The van der Waals surface area contributed by atoms with Crippen molar-refractivity contribution in [1.29, 1.82) is 0 Å². The third-order valence-electron chi connectivity index (χ3n) is 3.47. The van der Waals surface area contributed by atoms with E-state index >= 15 is 0 Å². The molecule has 1 heterocycles. The van der Waals surface area contributed by atoms with Crippen LogP contribution in [0.2, 0.25) is 0 Å². The summed E-state index contributed by atoms with van der Waals surface area (Å²) in [4.78, 5) is 12.2. The summed E-state index contributed by atoms with van der Waals surface area (Å²) in [6, 6.07) is 5.30. The van der Waals surface area contributed by atoms with Crippen molar-refractivity contribution >= 4 is 22.5 Å². The zero-order valence-electron chi connectivity index (χ0n) is 11.5. The van der Waals surface area contributed by atoms with Gasteiger partial charge in [0.1, 0.15) is 0 Å². The lowest BCUT2D eigenvalue weighted by molar-refractivity contribution is 0.0940. The summed E-state index contributed by atoms with van der Waals surface area (Å²) in [7, 11) is 0. The highest BCUT2D eigenvalue weighted by Crippen LogP contribution is 2.19. The average molecular weight is 276 g/mol. The lowest BCUT2D eigenvalue weighted by Gasteiger charge is -2.13. The van der Waals surface area contributed by atoms with Gasteiger partial charge in [-0.05, 0) is 30.5 Å². The van der Waals surface area contributed by atoms with E-state index in [-0.39, 0.29) is 18.4 Å². The van der Waals surface area contributed by atoms with Crippen LogP contribution in [-0.4, -0.2) is 34.4 Å². The van der Waals surface area contributed by atoms with Crippen LogP contribution in [0.5, 0.6) is 0 Å². The van der Waals surface area contributed by atoms with Crippen molar-refractivity contribution in [3.63, 3.8) is 0 Å². The molecule has 1 amide bonds. The van der Waals surface area contributed by atoms with Gasteiger partial charge in [0.05, 0.1) is 5.52 Å². The van der Waals surface area contributed by atoms with E-state index < -0.39 is 0 Å². The number of benzene rings is 1. The van der Waals surface area contributed by atoms with Crippen molar-refractivity contribution < 1.29 is 9.90 Å². The molecule has 1 unspecified atom stereocenters. The fraction of sp³-hybridized carbons (Fsp3) is 0.429. The summed E-state index contributed by atoms with van der Waals surface area (Å²) in [6.45, 7) is 2.71. The Kier molecular flexibility index (Phi) is 4.57. The lowest BCUT2D eigenvalue weighted by atomic mass is 10.0. The highest BCUT2D eigenvalue weighted by Gasteiger charge is 2.15. The predicted molar refractivity (Wildman–Crippen MR) is 78.3 cm³/mol. The maximum atomic E-state index is 12.2. The summed E-state index contributed by atoms with van der Waals surface area (Å²) in [5.74, 6) is 0.0532. The zero-order valence-corrected chi connectivity index (χ0v) is 11.5. The minimum Gasteiger partial charge on any atom is -0.399 e. The molecule has 0 aliphatic heterocycles. The summed E-state index contributed by atoms with van der Waals surface area (Å²) in [5, 5.41) is 19.4. The summed E-state index contributed by atoms with van der Waals surface area (Å²) in [5.41, 5.74) is 7.47. The number of H-pyrrole nitrogens is 1. The number of aliphatic hydroxyl groups is 1. The molecule has 1 aromatic heterocycles. The Balaban J connectivity index is 2.09. The number of anilines is 1. The smallest absolute Gasteiger partial charge is 0.272 e. The van der Waals surface area contributed by atoms with Gasteiger partial charge < -0.3 is 16.2 Å². The van der Waals surface area contributed by atoms with E-state index in [1.54, 1.807) is 18.2 Å². The Morgan fingerprint density at radius 3 is 3.05 bits per heavy atom. The second-order valence-corrected chi connectivity index (χ2v) is 4.87. The highest BCUT2D eigenvalue weighted by molar-refractivity contribution is 6.05. The number of hydrogen-bond donors (Lipinski definition) is 4. The molecule has 0 radical (unpaired) electrons. The number of amides is 1. The summed E-state index contributed by atoms with van der Waals surface area (Å²) >= 11 is 0. The van der Waals surface area contributed by atoms with Crippen LogP contribution in [0.3, 0.4) is 0 Å². The second-order valence-electron chi connectivity index (χ2n) is 4.87. The molecule has 6 heteroatoms. The molecule has 20 heavy (non-hydrogen) atoms. The number of rotatable bonds is 6. The van der Waals surface area contributed by atoms with Gasteiger partial charge in [0.25, 0.3) is 5.91 Å².